The van der Waals surface area contributed by atoms with E-state index in [4.69, 9.17) is 11.6 Å². The quantitative estimate of drug-likeness (QED) is 0.610. The monoisotopic (exact) mass is 474 g/mol. The van der Waals surface area contributed by atoms with Crippen LogP contribution in [0.2, 0.25) is 5.02 Å². The van der Waals surface area contributed by atoms with Crippen LogP contribution in [0.4, 0.5) is 15.8 Å². The number of amides is 1. The second-order valence-electron chi connectivity index (χ2n) is 7.28. The number of benzene rings is 2. The van der Waals surface area contributed by atoms with Gasteiger partial charge in [0, 0.05) is 43.1 Å². The van der Waals surface area contributed by atoms with Crippen molar-refractivity contribution in [3.05, 3.63) is 83.4 Å². The number of aromatic nitrogens is 1. The molecule has 1 aromatic heterocycles. The predicted molar refractivity (Wildman–Crippen MR) is 121 cm³/mol. The first-order valence-electron chi connectivity index (χ1n) is 9.85. The molecule has 2 aromatic carbocycles. The summed E-state index contributed by atoms with van der Waals surface area (Å²) in [6.07, 6.45) is 2.76. The van der Waals surface area contributed by atoms with Crippen LogP contribution in [0.25, 0.3) is 0 Å². The largest absolute Gasteiger partial charge is 0.368 e. The molecule has 0 radical (unpaired) electrons. The summed E-state index contributed by atoms with van der Waals surface area (Å²) in [5, 5.41) is 0.428. The molecule has 0 atom stereocenters. The van der Waals surface area contributed by atoms with E-state index in [0.29, 0.717) is 31.2 Å². The van der Waals surface area contributed by atoms with E-state index in [-0.39, 0.29) is 27.9 Å². The molecule has 1 N–H and O–H groups in total. The van der Waals surface area contributed by atoms with Gasteiger partial charge < -0.3 is 9.80 Å². The van der Waals surface area contributed by atoms with E-state index >= 15 is 0 Å². The van der Waals surface area contributed by atoms with Gasteiger partial charge in [-0.3, -0.25) is 14.5 Å². The van der Waals surface area contributed by atoms with Gasteiger partial charge in [-0.25, -0.2) is 12.8 Å². The Bertz CT molecular complexity index is 1210. The molecule has 0 saturated carbocycles. The van der Waals surface area contributed by atoms with Crippen molar-refractivity contribution in [2.45, 2.75) is 4.90 Å². The Balaban J connectivity index is 1.42. The maximum Gasteiger partial charge on any atom is 0.261 e. The molecular formula is C22H20ClFN4O3S. The van der Waals surface area contributed by atoms with Gasteiger partial charge in [0.1, 0.15) is 5.82 Å². The summed E-state index contributed by atoms with van der Waals surface area (Å²) in [5.74, 6) is -0.523. The number of halogens is 2. The van der Waals surface area contributed by atoms with Crippen LogP contribution in [0, 0.1) is 5.82 Å². The van der Waals surface area contributed by atoms with Crippen molar-refractivity contribution in [1.82, 2.24) is 9.88 Å². The van der Waals surface area contributed by atoms with E-state index < -0.39 is 10.0 Å². The lowest BCUT2D eigenvalue weighted by atomic mass is 10.2. The topological polar surface area (TPSA) is 82.6 Å². The van der Waals surface area contributed by atoms with Gasteiger partial charge in [0.05, 0.1) is 22.3 Å². The van der Waals surface area contributed by atoms with Crippen LogP contribution in [0.3, 0.4) is 0 Å². The van der Waals surface area contributed by atoms with Gasteiger partial charge in [-0.1, -0.05) is 11.6 Å². The Morgan fingerprint density at radius 2 is 1.62 bits per heavy atom. The lowest BCUT2D eigenvalue weighted by Crippen LogP contribution is -2.48. The van der Waals surface area contributed by atoms with E-state index in [1.165, 1.54) is 54.9 Å². The Hall–Kier alpha value is -3.17. The molecule has 1 amide bonds. The van der Waals surface area contributed by atoms with Gasteiger partial charge in [-0.15, -0.1) is 0 Å². The fourth-order valence-electron chi connectivity index (χ4n) is 3.44. The van der Waals surface area contributed by atoms with E-state index in [1.807, 2.05) is 0 Å². The minimum Gasteiger partial charge on any atom is -0.368 e. The summed E-state index contributed by atoms with van der Waals surface area (Å²) in [6, 6.07) is 13.5. The van der Waals surface area contributed by atoms with Gasteiger partial charge >= 0.3 is 0 Å². The first kappa shape index (κ1) is 22.0. The number of pyridine rings is 1. The number of piperazine rings is 1. The molecule has 1 aliphatic rings. The molecule has 4 rings (SSSR count). The molecule has 0 aliphatic carbocycles. The first-order chi connectivity index (χ1) is 15.3. The average molecular weight is 475 g/mol. The van der Waals surface area contributed by atoms with Crippen molar-refractivity contribution in [2.24, 2.45) is 0 Å². The molecule has 32 heavy (non-hydrogen) atoms. The van der Waals surface area contributed by atoms with E-state index in [0.717, 1.165) is 5.69 Å². The summed E-state index contributed by atoms with van der Waals surface area (Å²) in [6.45, 7) is 2.18. The lowest BCUT2D eigenvalue weighted by Gasteiger charge is -2.36. The van der Waals surface area contributed by atoms with Crippen molar-refractivity contribution in [3.8, 4) is 0 Å². The van der Waals surface area contributed by atoms with Crippen molar-refractivity contribution in [1.29, 1.82) is 0 Å². The highest BCUT2D eigenvalue weighted by molar-refractivity contribution is 7.92. The number of hydrogen-bond donors (Lipinski definition) is 1. The Kier molecular flexibility index (Phi) is 6.29. The van der Waals surface area contributed by atoms with Gasteiger partial charge in [0.25, 0.3) is 15.9 Å². The van der Waals surface area contributed by atoms with Crippen LogP contribution in [-0.4, -0.2) is 50.4 Å². The third-order valence-corrected chi connectivity index (χ3v) is 6.77. The second kappa shape index (κ2) is 9.13. The third-order valence-electron chi connectivity index (χ3n) is 5.12. The molecule has 2 heterocycles. The SMILES string of the molecule is O=C(c1cncc(NS(=O)(=O)c2ccc(Cl)cc2)c1)N1CCN(c2ccc(F)cc2)CC1. The number of carbonyl (C=O) groups is 1. The standard InChI is InChI=1S/C22H20ClFN4O3S/c23-17-1-7-21(8-2-17)32(30,31)26-19-13-16(14-25-15-19)22(29)28-11-9-27(10-12-28)20-5-3-18(24)4-6-20/h1-8,13-15,26H,9-12H2. The first-order valence-corrected chi connectivity index (χ1v) is 11.7. The Labute approximate surface area is 190 Å². The minimum absolute atomic E-state index is 0.0514. The van der Waals surface area contributed by atoms with Crippen molar-refractivity contribution in [2.75, 3.05) is 35.8 Å². The number of nitrogens with zero attached hydrogens (tertiary/aromatic N) is 3. The number of hydrogen-bond acceptors (Lipinski definition) is 5. The number of carbonyl (C=O) groups excluding carboxylic acids is 1. The third kappa shape index (κ3) is 5.00. The fourth-order valence-corrected chi connectivity index (χ4v) is 4.60. The number of rotatable bonds is 5. The molecular weight excluding hydrogens is 455 g/mol. The van der Waals surface area contributed by atoms with Crippen molar-refractivity contribution >= 4 is 38.9 Å². The van der Waals surface area contributed by atoms with Gasteiger partial charge in [0.2, 0.25) is 0 Å². The highest BCUT2D eigenvalue weighted by Gasteiger charge is 2.23. The zero-order valence-corrected chi connectivity index (χ0v) is 18.5. The van der Waals surface area contributed by atoms with Crippen molar-refractivity contribution in [3.63, 3.8) is 0 Å². The van der Waals surface area contributed by atoms with Crippen LogP contribution in [0.5, 0.6) is 0 Å². The molecule has 0 unspecified atom stereocenters. The molecule has 0 spiro atoms. The summed E-state index contributed by atoms with van der Waals surface area (Å²) in [5.41, 5.74) is 1.38. The number of sulfonamides is 1. The normalized spacial score (nSPS) is 14.3. The lowest BCUT2D eigenvalue weighted by molar-refractivity contribution is 0.0746. The molecule has 1 fully saturated rings. The molecule has 3 aromatic rings. The predicted octanol–water partition coefficient (Wildman–Crippen LogP) is 3.64. The van der Waals surface area contributed by atoms with Gasteiger partial charge in [-0.2, -0.15) is 0 Å². The molecule has 10 heteroatoms. The van der Waals surface area contributed by atoms with Gasteiger partial charge in [-0.05, 0) is 54.6 Å². The van der Waals surface area contributed by atoms with Crippen LogP contribution in [-0.2, 0) is 10.0 Å². The minimum atomic E-state index is -3.85. The molecule has 0 bridgehead atoms. The average Bonchev–Trinajstić information content (AvgIpc) is 2.79. The van der Waals surface area contributed by atoms with Crippen molar-refractivity contribution < 1.29 is 17.6 Å². The number of nitrogens with one attached hydrogen (secondary N) is 1. The Morgan fingerprint density at radius 3 is 2.28 bits per heavy atom. The summed E-state index contributed by atoms with van der Waals surface area (Å²) in [7, 11) is -3.85. The van der Waals surface area contributed by atoms with E-state index in [1.54, 1.807) is 17.0 Å². The van der Waals surface area contributed by atoms with E-state index in [9.17, 15) is 17.6 Å². The molecule has 1 aliphatic heterocycles. The highest BCUT2D eigenvalue weighted by Crippen LogP contribution is 2.21. The second-order valence-corrected chi connectivity index (χ2v) is 9.40. The van der Waals surface area contributed by atoms with Crippen LogP contribution in [0.1, 0.15) is 10.4 Å². The number of anilines is 2. The van der Waals surface area contributed by atoms with Gasteiger partial charge in [0.15, 0.2) is 0 Å². The van der Waals surface area contributed by atoms with Crippen LogP contribution < -0.4 is 9.62 Å². The fraction of sp³-hybridized carbons (Fsp3) is 0.182. The Morgan fingerprint density at radius 1 is 0.969 bits per heavy atom. The van der Waals surface area contributed by atoms with E-state index in [2.05, 4.69) is 14.6 Å². The summed E-state index contributed by atoms with van der Waals surface area (Å²) < 4.78 is 40.7. The smallest absolute Gasteiger partial charge is 0.261 e. The molecule has 166 valence electrons. The molecule has 7 nitrogen and oxygen atoms in total. The maximum atomic E-state index is 13.1. The molecule has 1 saturated heterocycles. The van der Waals surface area contributed by atoms with Crippen LogP contribution in [0.15, 0.2) is 71.9 Å². The maximum absolute atomic E-state index is 13.1. The summed E-state index contributed by atoms with van der Waals surface area (Å²) >= 11 is 5.82. The van der Waals surface area contributed by atoms with Crippen LogP contribution >= 0.6 is 11.6 Å². The summed E-state index contributed by atoms with van der Waals surface area (Å²) in [4.78, 5) is 20.8. The zero-order chi connectivity index (χ0) is 22.7. The highest BCUT2D eigenvalue weighted by atomic mass is 35.5. The zero-order valence-electron chi connectivity index (χ0n) is 16.9.